The lowest BCUT2D eigenvalue weighted by molar-refractivity contribution is -0.116. The molecule has 7 heteroatoms. The van der Waals surface area contributed by atoms with Crippen LogP contribution in [-0.4, -0.2) is 32.4 Å². The highest BCUT2D eigenvalue weighted by Gasteiger charge is 2.16. The van der Waals surface area contributed by atoms with Crippen molar-refractivity contribution in [1.82, 2.24) is 0 Å². The van der Waals surface area contributed by atoms with Gasteiger partial charge in [-0.1, -0.05) is 0 Å². The van der Waals surface area contributed by atoms with Crippen molar-refractivity contribution in [3.8, 4) is 5.75 Å². The maximum atomic E-state index is 11.8. The van der Waals surface area contributed by atoms with E-state index in [-0.39, 0.29) is 18.1 Å². The SMILES string of the molecule is COc1ccc(NC(=O)CCCS(=O)(=O)C(C)C)c(N)c1. The van der Waals surface area contributed by atoms with Crippen LogP contribution in [0.3, 0.4) is 0 Å². The highest BCUT2D eigenvalue weighted by molar-refractivity contribution is 7.91. The van der Waals surface area contributed by atoms with E-state index in [2.05, 4.69) is 5.32 Å². The minimum atomic E-state index is -3.11. The number of hydrogen-bond donors (Lipinski definition) is 2. The standard InChI is InChI=1S/C14H22N2O4S/c1-10(2)21(18,19)8-4-5-14(17)16-13-7-6-11(20-3)9-12(13)15/h6-7,9-10H,4-5,8,15H2,1-3H3,(H,16,17). The molecule has 1 aromatic carbocycles. The van der Waals surface area contributed by atoms with Gasteiger partial charge in [0.25, 0.3) is 0 Å². The fraction of sp³-hybridized carbons (Fsp3) is 0.500. The molecule has 1 aromatic rings. The summed E-state index contributed by atoms with van der Waals surface area (Å²) in [5, 5.41) is 2.24. The molecule has 1 amide bonds. The molecule has 0 aromatic heterocycles. The van der Waals surface area contributed by atoms with Crippen molar-refractivity contribution >= 4 is 27.1 Å². The van der Waals surface area contributed by atoms with Crippen molar-refractivity contribution in [3.63, 3.8) is 0 Å². The van der Waals surface area contributed by atoms with Crippen LogP contribution in [0.2, 0.25) is 0 Å². The quantitative estimate of drug-likeness (QED) is 0.748. The molecular formula is C14H22N2O4S. The predicted molar refractivity (Wildman–Crippen MR) is 84.2 cm³/mol. The second kappa shape index (κ2) is 7.31. The third-order valence-electron chi connectivity index (χ3n) is 3.08. The van der Waals surface area contributed by atoms with Gasteiger partial charge in [-0.3, -0.25) is 4.79 Å². The number of nitrogens with one attached hydrogen (secondary N) is 1. The van der Waals surface area contributed by atoms with Crippen LogP contribution < -0.4 is 15.8 Å². The summed E-state index contributed by atoms with van der Waals surface area (Å²) in [5.74, 6) is 0.357. The molecule has 0 aliphatic rings. The first kappa shape index (κ1) is 17.3. The number of anilines is 2. The molecule has 0 saturated carbocycles. The Bertz CT molecular complexity index is 597. The fourth-order valence-corrected chi connectivity index (χ4v) is 2.68. The van der Waals surface area contributed by atoms with Crippen molar-refractivity contribution in [3.05, 3.63) is 18.2 Å². The average molecular weight is 314 g/mol. The van der Waals surface area contributed by atoms with E-state index >= 15 is 0 Å². The van der Waals surface area contributed by atoms with Crippen LogP contribution in [0.5, 0.6) is 5.75 Å². The molecule has 0 aliphatic heterocycles. The highest BCUT2D eigenvalue weighted by atomic mass is 32.2. The molecule has 0 aliphatic carbocycles. The first-order valence-electron chi connectivity index (χ1n) is 6.71. The number of carbonyl (C=O) groups excluding carboxylic acids is 1. The van der Waals surface area contributed by atoms with Crippen LogP contribution in [0.1, 0.15) is 26.7 Å². The van der Waals surface area contributed by atoms with Crippen molar-refractivity contribution in [2.75, 3.05) is 23.9 Å². The number of rotatable bonds is 7. The Hall–Kier alpha value is -1.76. The smallest absolute Gasteiger partial charge is 0.224 e. The van der Waals surface area contributed by atoms with Gasteiger partial charge in [-0.05, 0) is 32.4 Å². The van der Waals surface area contributed by atoms with E-state index in [4.69, 9.17) is 10.5 Å². The zero-order valence-electron chi connectivity index (χ0n) is 12.5. The normalized spacial score (nSPS) is 11.4. The summed E-state index contributed by atoms with van der Waals surface area (Å²) in [6, 6.07) is 4.95. The summed E-state index contributed by atoms with van der Waals surface area (Å²) in [6.07, 6.45) is 0.430. The number of carbonyl (C=O) groups is 1. The molecule has 0 spiro atoms. The molecule has 3 N–H and O–H groups in total. The Morgan fingerprint density at radius 3 is 2.57 bits per heavy atom. The van der Waals surface area contributed by atoms with Gasteiger partial charge >= 0.3 is 0 Å². The number of sulfone groups is 1. The van der Waals surface area contributed by atoms with Gasteiger partial charge in [0.1, 0.15) is 5.75 Å². The van der Waals surface area contributed by atoms with Crippen LogP contribution >= 0.6 is 0 Å². The van der Waals surface area contributed by atoms with Gasteiger partial charge < -0.3 is 15.8 Å². The number of methoxy groups -OCH3 is 1. The molecule has 1 rings (SSSR count). The van der Waals surface area contributed by atoms with Crippen molar-refractivity contribution in [2.45, 2.75) is 31.9 Å². The molecule has 0 atom stereocenters. The van der Waals surface area contributed by atoms with Crippen molar-refractivity contribution in [1.29, 1.82) is 0 Å². The van der Waals surface area contributed by atoms with E-state index < -0.39 is 15.1 Å². The van der Waals surface area contributed by atoms with Gasteiger partial charge in [0.15, 0.2) is 9.84 Å². The van der Waals surface area contributed by atoms with Crippen LogP contribution in [0, 0.1) is 0 Å². The number of nitrogen functional groups attached to an aromatic ring is 1. The lowest BCUT2D eigenvalue weighted by Gasteiger charge is -2.10. The first-order chi connectivity index (χ1) is 9.76. The van der Waals surface area contributed by atoms with Crippen LogP contribution in [0.25, 0.3) is 0 Å². The molecule has 0 fully saturated rings. The Balaban J connectivity index is 2.51. The summed E-state index contributed by atoms with van der Waals surface area (Å²) in [6.45, 7) is 3.26. The monoisotopic (exact) mass is 314 g/mol. The summed E-state index contributed by atoms with van der Waals surface area (Å²) in [4.78, 5) is 11.8. The van der Waals surface area contributed by atoms with Gasteiger partial charge in [-0.15, -0.1) is 0 Å². The molecule has 0 bridgehead atoms. The van der Waals surface area contributed by atoms with Gasteiger partial charge in [0.05, 0.1) is 29.5 Å². The van der Waals surface area contributed by atoms with Crippen LogP contribution in [0.15, 0.2) is 18.2 Å². The number of hydrogen-bond acceptors (Lipinski definition) is 5. The maximum Gasteiger partial charge on any atom is 0.224 e. The van der Waals surface area contributed by atoms with Crippen LogP contribution in [-0.2, 0) is 14.6 Å². The fourth-order valence-electron chi connectivity index (χ4n) is 1.66. The molecule has 6 nitrogen and oxygen atoms in total. The molecule has 0 radical (unpaired) electrons. The second-order valence-corrected chi connectivity index (χ2v) is 7.70. The number of amides is 1. The lowest BCUT2D eigenvalue weighted by atomic mass is 10.2. The summed E-state index contributed by atoms with van der Waals surface area (Å²) >= 11 is 0. The molecule has 0 heterocycles. The Morgan fingerprint density at radius 2 is 2.05 bits per heavy atom. The predicted octanol–water partition coefficient (Wildman–Crippen LogP) is 1.82. The highest BCUT2D eigenvalue weighted by Crippen LogP contribution is 2.24. The van der Waals surface area contributed by atoms with Gasteiger partial charge in [-0.25, -0.2) is 8.42 Å². The van der Waals surface area contributed by atoms with Gasteiger partial charge in [0, 0.05) is 12.5 Å². The van der Waals surface area contributed by atoms with Crippen LogP contribution in [0.4, 0.5) is 11.4 Å². The third-order valence-corrected chi connectivity index (χ3v) is 5.38. The number of benzene rings is 1. The molecule has 118 valence electrons. The van der Waals surface area contributed by atoms with Gasteiger partial charge in [0.2, 0.25) is 5.91 Å². The zero-order valence-corrected chi connectivity index (χ0v) is 13.4. The van der Waals surface area contributed by atoms with E-state index in [9.17, 15) is 13.2 Å². The molecule has 21 heavy (non-hydrogen) atoms. The number of ether oxygens (including phenoxy) is 1. The van der Waals surface area contributed by atoms with E-state index in [0.29, 0.717) is 23.5 Å². The number of nitrogens with two attached hydrogens (primary N) is 1. The van der Waals surface area contributed by atoms with Crippen molar-refractivity contribution < 1.29 is 17.9 Å². The van der Waals surface area contributed by atoms with E-state index in [0.717, 1.165) is 0 Å². The van der Waals surface area contributed by atoms with E-state index in [1.165, 1.54) is 7.11 Å². The van der Waals surface area contributed by atoms with E-state index in [1.807, 2.05) is 0 Å². The Morgan fingerprint density at radius 1 is 1.38 bits per heavy atom. The summed E-state index contributed by atoms with van der Waals surface area (Å²) in [7, 11) is -1.58. The second-order valence-electron chi connectivity index (χ2n) is 5.02. The molecule has 0 saturated heterocycles. The molecular weight excluding hydrogens is 292 g/mol. The zero-order chi connectivity index (χ0) is 16.0. The van der Waals surface area contributed by atoms with Crippen molar-refractivity contribution in [2.24, 2.45) is 0 Å². The third kappa shape index (κ3) is 5.26. The van der Waals surface area contributed by atoms with E-state index in [1.54, 1.807) is 32.0 Å². The van der Waals surface area contributed by atoms with Gasteiger partial charge in [-0.2, -0.15) is 0 Å². The summed E-state index contributed by atoms with van der Waals surface area (Å²) < 4.78 is 28.3. The Labute approximate surface area is 125 Å². The minimum absolute atomic E-state index is 0.0101. The minimum Gasteiger partial charge on any atom is -0.497 e. The maximum absolute atomic E-state index is 11.8. The average Bonchev–Trinajstić information content (AvgIpc) is 2.40. The lowest BCUT2D eigenvalue weighted by Crippen LogP contribution is -2.20. The summed E-state index contributed by atoms with van der Waals surface area (Å²) in [5.41, 5.74) is 6.69. The first-order valence-corrected chi connectivity index (χ1v) is 8.42. The molecule has 0 unspecified atom stereocenters. The Kier molecular flexibility index (Phi) is 6.02. The largest absolute Gasteiger partial charge is 0.497 e. The topological polar surface area (TPSA) is 98.5 Å².